The van der Waals surface area contributed by atoms with Crippen molar-refractivity contribution in [3.05, 3.63) is 51.2 Å². The van der Waals surface area contributed by atoms with Crippen LogP contribution in [0.25, 0.3) is 0 Å². The molecule has 86 valence electrons. The first kappa shape index (κ1) is 12.4. The monoisotopic (exact) mass is 231 g/mol. The molecule has 0 aromatic heterocycles. The number of ketones is 1. The van der Waals surface area contributed by atoms with Gasteiger partial charge in [0, 0.05) is 23.4 Å². The van der Waals surface area contributed by atoms with Crippen LogP contribution in [-0.4, -0.2) is 10.7 Å². The number of carbonyl (C=O) groups is 1. The molecule has 17 heavy (non-hydrogen) atoms. The van der Waals surface area contributed by atoms with Gasteiger partial charge in [-0.05, 0) is 19.1 Å². The van der Waals surface area contributed by atoms with Gasteiger partial charge in [0.05, 0.1) is 4.92 Å². The molecule has 1 aromatic rings. The summed E-state index contributed by atoms with van der Waals surface area (Å²) in [4.78, 5) is 21.6. The molecule has 1 aromatic carbocycles. The van der Waals surface area contributed by atoms with Crippen molar-refractivity contribution in [3.8, 4) is 6.07 Å². The van der Waals surface area contributed by atoms with Crippen LogP contribution in [0.2, 0.25) is 0 Å². The van der Waals surface area contributed by atoms with E-state index >= 15 is 0 Å². The largest absolute Gasteiger partial charge is 0.401 e. The van der Waals surface area contributed by atoms with E-state index < -0.39 is 10.7 Å². The quantitative estimate of drug-likeness (QED) is 0.279. The second kappa shape index (κ2) is 4.90. The molecular weight excluding hydrogens is 222 g/mol. The second-order valence-corrected chi connectivity index (χ2v) is 3.30. The van der Waals surface area contributed by atoms with E-state index in [0.29, 0.717) is 0 Å². The molecule has 0 heterocycles. The van der Waals surface area contributed by atoms with E-state index in [-0.39, 0.29) is 22.5 Å². The summed E-state index contributed by atoms with van der Waals surface area (Å²) in [5.74, 6) is -0.539. The highest BCUT2D eigenvalue weighted by molar-refractivity contribution is 6.11. The molecule has 1 rings (SSSR count). The number of nitriles is 1. The summed E-state index contributed by atoms with van der Waals surface area (Å²) >= 11 is 0. The fourth-order valence-corrected chi connectivity index (χ4v) is 1.20. The fraction of sp³-hybridized carbons (Fsp3) is 0.0909. The summed E-state index contributed by atoms with van der Waals surface area (Å²) in [7, 11) is 0. The summed E-state index contributed by atoms with van der Waals surface area (Å²) in [5.41, 5.74) is 5.43. The molecule has 0 saturated carbocycles. The predicted octanol–water partition coefficient (Wildman–Crippen LogP) is 1.53. The molecule has 6 nitrogen and oxygen atoms in total. The molecule has 0 saturated heterocycles. The molecule has 0 unspecified atom stereocenters. The summed E-state index contributed by atoms with van der Waals surface area (Å²) < 4.78 is 0. The van der Waals surface area contributed by atoms with Crippen LogP contribution < -0.4 is 5.73 Å². The maximum atomic E-state index is 11.8. The fourth-order valence-electron chi connectivity index (χ4n) is 1.20. The Morgan fingerprint density at radius 2 is 1.94 bits per heavy atom. The zero-order valence-electron chi connectivity index (χ0n) is 9.01. The summed E-state index contributed by atoms with van der Waals surface area (Å²) in [6, 6.07) is 6.70. The van der Waals surface area contributed by atoms with Gasteiger partial charge >= 0.3 is 0 Å². The Balaban J connectivity index is 3.12. The van der Waals surface area contributed by atoms with Crippen molar-refractivity contribution >= 4 is 11.5 Å². The minimum Gasteiger partial charge on any atom is -0.401 e. The summed E-state index contributed by atoms with van der Waals surface area (Å²) in [6.45, 7) is 1.45. The Bertz CT molecular complexity index is 534. The molecule has 0 amide bonds. The number of nitrogens with two attached hydrogens (primary N) is 1. The van der Waals surface area contributed by atoms with E-state index in [1.807, 2.05) is 0 Å². The van der Waals surface area contributed by atoms with Crippen LogP contribution in [0, 0.1) is 21.4 Å². The molecule has 0 radical (unpaired) electrons. The van der Waals surface area contributed by atoms with Gasteiger partial charge in [0.1, 0.15) is 11.6 Å². The van der Waals surface area contributed by atoms with Gasteiger partial charge < -0.3 is 5.73 Å². The van der Waals surface area contributed by atoms with Crippen LogP contribution in [0.3, 0.4) is 0 Å². The molecule has 0 fully saturated rings. The highest BCUT2D eigenvalue weighted by Gasteiger charge is 2.15. The van der Waals surface area contributed by atoms with Crippen molar-refractivity contribution in [3.63, 3.8) is 0 Å². The number of nitro groups is 1. The predicted molar refractivity (Wildman–Crippen MR) is 59.9 cm³/mol. The second-order valence-electron chi connectivity index (χ2n) is 3.30. The highest BCUT2D eigenvalue weighted by Crippen LogP contribution is 2.15. The van der Waals surface area contributed by atoms with Crippen LogP contribution in [0.5, 0.6) is 0 Å². The lowest BCUT2D eigenvalue weighted by molar-refractivity contribution is -0.384. The van der Waals surface area contributed by atoms with Gasteiger partial charge in [-0.2, -0.15) is 5.26 Å². The molecule has 6 heteroatoms. The molecule has 0 spiro atoms. The molecule has 0 aliphatic carbocycles. The zero-order valence-corrected chi connectivity index (χ0v) is 9.01. The first-order valence-corrected chi connectivity index (χ1v) is 4.63. The number of non-ortho nitro benzene ring substituents is 1. The third kappa shape index (κ3) is 2.66. The van der Waals surface area contributed by atoms with E-state index in [9.17, 15) is 14.9 Å². The van der Waals surface area contributed by atoms with Crippen LogP contribution in [0.4, 0.5) is 5.69 Å². The molecule has 0 aliphatic heterocycles. The van der Waals surface area contributed by atoms with E-state index in [1.54, 1.807) is 6.07 Å². The lowest BCUT2D eigenvalue weighted by Crippen LogP contribution is -2.08. The number of carbonyl (C=O) groups excluding carboxylic acids is 1. The lowest BCUT2D eigenvalue weighted by atomic mass is 10.0. The van der Waals surface area contributed by atoms with E-state index in [2.05, 4.69) is 0 Å². The van der Waals surface area contributed by atoms with Crippen molar-refractivity contribution in [2.24, 2.45) is 5.73 Å². The Labute approximate surface area is 97.1 Å². The van der Waals surface area contributed by atoms with Gasteiger partial charge in [-0.15, -0.1) is 0 Å². The van der Waals surface area contributed by atoms with Gasteiger partial charge in [0.15, 0.2) is 0 Å². The Morgan fingerprint density at radius 3 is 2.29 bits per heavy atom. The molecule has 2 N–H and O–H groups in total. The third-order valence-corrected chi connectivity index (χ3v) is 2.07. The number of benzene rings is 1. The number of rotatable bonds is 3. The molecule has 0 bridgehead atoms. The standard InChI is InChI=1S/C11H9N3O3/c1-7(13)10(6-12)11(15)8-2-4-9(5-3-8)14(16)17/h2-5H,13H2,1H3/b10-7-. The van der Waals surface area contributed by atoms with Crippen LogP contribution in [0.15, 0.2) is 35.5 Å². The zero-order chi connectivity index (χ0) is 13.0. The average molecular weight is 231 g/mol. The molecular formula is C11H9N3O3. The van der Waals surface area contributed by atoms with Crippen LogP contribution >= 0.6 is 0 Å². The van der Waals surface area contributed by atoms with Crippen LogP contribution in [0.1, 0.15) is 17.3 Å². The van der Waals surface area contributed by atoms with Gasteiger partial charge in [0.25, 0.3) is 5.69 Å². The van der Waals surface area contributed by atoms with Crippen molar-refractivity contribution < 1.29 is 9.72 Å². The first-order chi connectivity index (χ1) is 7.97. The number of nitro benzene ring substituents is 1. The number of hydrogen-bond acceptors (Lipinski definition) is 5. The normalized spacial score (nSPS) is 11.3. The average Bonchev–Trinajstić information content (AvgIpc) is 2.29. The van der Waals surface area contributed by atoms with Gasteiger partial charge in [-0.1, -0.05) is 0 Å². The number of nitrogens with zero attached hydrogens (tertiary/aromatic N) is 2. The molecule has 0 aliphatic rings. The Kier molecular flexibility index (Phi) is 3.57. The topological polar surface area (TPSA) is 110 Å². The lowest BCUT2D eigenvalue weighted by Gasteiger charge is -2.00. The number of allylic oxidation sites excluding steroid dienone is 2. The Hall–Kier alpha value is -2.68. The molecule has 0 atom stereocenters. The van der Waals surface area contributed by atoms with Crippen LogP contribution in [-0.2, 0) is 0 Å². The highest BCUT2D eigenvalue weighted by atomic mass is 16.6. The van der Waals surface area contributed by atoms with Gasteiger partial charge in [0.2, 0.25) is 5.78 Å². The number of hydrogen-bond donors (Lipinski definition) is 1. The van der Waals surface area contributed by atoms with Crippen molar-refractivity contribution in [2.75, 3.05) is 0 Å². The smallest absolute Gasteiger partial charge is 0.269 e. The van der Waals surface area contributed by atoms with E-state index in [1.165, 1.54) is 31.2 Å². The maximum Gasteiger partial charge on any atom is 0.269 e. The van der Waals surface area contributed by atoms with Crippen molar-refractivity contribution in [2.45, 2.75) is 6.92 Å². The van der Waals surface area contributed by atoms with E-state index in [0.717, 1.165) is 0 Å². The Morgan fingerprint density at radius 1 is 1.41 bits per heavy atom. The summed E-state index contributed by atoms with van der Waals surface area (Å²) in [6.07, 6.45) is 0. The van der Waals surface area contributed by atoms with E-state index in [4.69, 9.17) is 11.0 Å². The van der Waals surface area contributed by atoms with Gasteiger partial charge in [-0.25, -0.2) is 0 Å². The SMILES string of the molecule is C/C(N)=C(\C#N)C(=O)c1ccc([N+](=O)[O-])cc1. The maximum absolute atomic E-state index is 11.8. The number of Topliss-reactive ketones (excluding diaryl/α,β-unsaturated/α-hetero) is 1. The minimum absolute atomic E-state index is 0.117. The van der Waals surface area contributed by atoms with Crippen molar-refractivity contribution in [1.29, 1.82) is 5.26 Å². The van der Waals surface area contributed by atoms with Gasteiger partial charge in [-0.3, -0.25) is 14.9 Å². The van der Waals surface area contributed by atoms with Crippen molar-refractivity contribution in [1.82, 2.24) is 0 Å². The first-order valence-electron chi connectivity index (χ1n) is 4.63. The minimum atomic E-state index is -0.566. The summed E-state index contributed by atoms with van der Waals surface area (Å²) in [5, 5.41) is 19.2. The third-order valence-electron chi connectivity index (χ3n) is 2.07.